The molecule has 1 aliphatic heterocycles. The van der Waals surface area contributed by atoms with Crippen LogP contribution in [0.15, 0.2) is 35.1 Å². The molecule has 1 atom stereocenters. The number of benzene rings is 1. The van der Waals surface area contributed by atoms with E-state index in [1.807, 2.05) is 0 Å². The van der Waals surface area contributed by atoms with E-state index >= 15 is 0 Å². The first-order valence-corrected chi connectivity index (χ1v) is 8.53. The molecule has 0 bridgehead atoms. The van der Waals surface area contributed by atoms with Gasteiger partial charge >= 0.3 is 0 Å². The average molecular weight is 355 g/mol. The summed E-state index contributed by atoms with van der Waals surface area (Å²) in [4.78, 5) is 33.9. The molecule has 1 amide bonds. The highest BCUT2D eigenvalue weighted by Crippen LogP contribution is 2.31. The fourth-order valence-electron chi connectivity index (χ4n) is 3.38. The molecular formula is C18H18FN5O2. The molecule has 3 aromatic rings. The highest BCUT2D eigenvalue weighted by Gasteiger charge is 2.31. The topological polar surface area (TPSA) is 83.9 Å². The van der Waals surface area contributed by atoms with Crippen molar-refractivity contribution in [3.8, 4) is 0 Å². The fourth-order valence-corrected chi connectivity index (χ4v) is 3.38. The van der Waals surface area contributed by atoms with E-state index in [1.165, 1.54) is 31.3 Å². The Labute approximate surface area is 148 Å². The fraction of sp³-hybridized carbons (Fsp3) is 0.333. The van der Waals surface area contributed by atoms with E-state index in [9.17, 15) is 14.0 Å². The van der Waals surface area contributed by atoms with E-state index in [1.54, 1.807) is 11.0 Å². The van der Waals surface area contributed by atoms with Crippen molar-refractivity contribution in [2.75, 3.05) is 6.54 Å². The van der Waals surface area contributed by atoms with Crippen LogP contribution in [0.2, 0.25) is 0 Å². The summed E-state index contributed by atoms with van der Waals surface area (Å²) in [6.45, 7) is 0.583. The highest BCUT2D eigenvalue weighted by atomic mass is 19.1. The van der Waals surface area contributed by atoms with E-state index in [2.05, 4.69) is 15.1 Å². The Morgan fingerprint density at radius 1 is 1.27 bits per heavy atom. The number of rotatable bonds is 2. The number of halogens is 1. The second-order valence-electron chi connectivity index (χ2n) is 6.47. The van der Waals surface area contributed by atoms with Crippen LogP contribution < -0.4 is 5.56 Å². The lowest BCUT2D eigenvalue weighted by atomic mass is 10.0. The minimum Gasteiger partial charge on any atom is -0.340 e. The van der Waals surface area contributed by atoms with E-state index in [0.29, 0.717) is 23.4 Å². The van der Waals surface area contributed by atoms with E-state index in [4.69, 9.17) is 0 Å². The van der Waals surface area contributed by atoms with Crippen LogP contribution in [0.5, 0.6) is 0 Å². The number of amides is 1. The number of imidazole rings is 1. The van der Waals surface area contributed by atoms with Crippen molar-refractivity contribution in [2.45, 2.75) is 25.3 Å². The first-order valence-electron chi connectivity index (χ1n) is 8.53. The van der Waals surface area contributed by atoms with Crippen LogP contribution in [-0.4, -0.2) is 37.1 Å². The summed E-state index contributed by atoms with van der Waals surface area (Å²) < 4.78 is 14.6. The summed E-state index contributed by atoms with van der Waals surface area (Å²) in [5, 5.41) is 4.06. The second kappa shape index (κ2) is 6.36. The Morgan fingerprint density at radius 3 is 2.92 bits per heavy atom. The maximum Gasteiger partial charge on any atom is 0.274 e. The Morgan fingerprint density at radius 2 is 2.12 bits per heavy atom. The number of H-pyrrole nitrogens is 1. The third-order valence-corrected chi connectivity index (χ3v) is 4.72. The Balaban J connectivity index is 1.70. The number of aromatic amines is 1. The normalized spacial score (nSPS) is 17.6. The number of carbonyl (C=O) groups excluding carboxylic acids is 1. The van der Waals surface area contributed by atoms with Gasteiger partial charge in [-0.3, -0.25) is 9.59 Å². The molecule has 0 aliphatic carbocycles. The van der Waals surface area contributed by atoms with Crippen molar-refractivity contribution < 1.29 is 9.18 Å². The molecule has 7 nitrogen and oxygen atoms in total. The Hall–Kier alpha value is -3.03. The van der Waals surface area contributed by atoms with Crippen LogP contribution in [0.25, 0.3) is 11.0 Å². The molecule has 1 N–H and O–H groups in total. The van der Waals surface area contributed by atoms with Crippen LogP contribution >= 0.6 is 0 Å². The predicted octanol–water partition coefficient (Wildman–Crippen LogP) is 2.16. The molecule has 0 spiro atoms. The molecule has 1 unspecified atom stereocenters. The standard InChI is InChI=1S/C18H18FN5O2/c1-23-16(25)8-7-13(22-23)18(26)24-9-3-2-4-15(24)17-20-12-6-5-11(19)10-14(12)21-17/h5-8,10,15H,2-4,9H2,1H3,(H,20,21). The van der Waals surface area contributed by atoms with Crippen LogP contribution in [0.1, 0.15) is 41.6 Å². The quantitative estimate of drug-likeness (QED) is 0.763. The monoisotopic (exact) mass is 355 g/mol. The molecule has 1 saturated heterocycles. The molecule has 1 aromatic carbocycles. The summed E-state index contributed by atoms with van der Waals surface area (Å²) in [6.07, 6.45) is 2.63. The van der Waals surface area contributed by atoms with Crippen molar-refractivity contribution in [3.63, 3.8) is 0 Å². The van der Waals surface area contributed by atoms with Crippen LogP contribution in [0.4, 0.5) is 4.39 Å². The van der Waals surface area contributed by atoms with Gasteiger partial charge < -0.3 is 9.88 Å². The first-order chi connectivity index (χ1) is 12.5. The van der Waals surface area contributed by atoms with Crippen molar-refractivity contribution in [1.29, 1.82) is 0 Å². The van der Waals surface area contributed by atoms with Crippen molar-refractivity contribution >= 4 is 16.9 Å². The number of nitrogens with zero attached hydrogens (tertiary/aromatic N) is 4. The summed E-state index contributed by atoms with van der Waals surface area (Å²) in [6, 6.07) is 6.94. The molecule has 3 heterocycles. The lowest BCUT2D eigenvalue weighted by molar-refractivity contribution is 0.0592. The largest absolute Gasteiger partial charge is 0.340 e. The number of nitrogens with one attached hydrogen (secondary N) is 1. The van der Waals surface area contributed by atoms with Gasteiger partial charge in [0.2, 0.25) is 0 Å². The molecular weight excluding hydrogens is 337 g/mol. The van der Waals surface area contributed by atoms with Gasteiger partial charge in [-0.15, -0.1) is 0 Å². The van der Waals surface area contributed by atoms with Crippen LogP contribution in [0.3, 0.4) is 0 Å². The second-order valence-corrected chi connectivity index (χ2v) is 6.47. The Bertz CT molecular complexity index is 1040. The number of carbonyl (C=O) groups is 1. The summed E-state index contributed by atoms with van der Waals surface area (Å²) in [5.41, 5.74) is 1.23. The van der Waals surface area contributed by atoms with Gasteiger partial charge in [0.1, 0.15) is 17.3 Å². The first kappa shape index (κ1) is 16.4. The summed E-state index contributed by atoms with van der Waals surface area (Å²) >= 11 is 0. The van der Waals surface area contributed by atoms with Gasteiger partial charge in [-0.1, -0.05) is 0 Å². The summed E-state index contributed by atoms with van der Waals surface area (Å²) in [7, 11) is 1.51. The van der Waals surface area contributed by atoms with Gasteiger partial charge in [-0.25, -0.2) is 14.1 Å². The molecule has 26 heavy (non-hydrogen) atoms. The maximum absolute atomic E-state index is 13.4. The molecule has 134 valence electrons. The predicted molar refractivity (Wildman–Crippen MR) is 93.2 cm³/mol. The van der Waals surface area contributed by atoms with E-state index in [-0.39, 0.29) is 29.0 Å². The number of fused-ring (bicyclic) bond motifs is 1. The lowest BCUT2D eigenvalue weighted by Crippen LogP contribution is -2.40. The third kappa shape index (κ3) is 2.87. The Kier molecular flexibility index (Phi) is 4.02. The number of piperidine rings is 1. The number of aryl methyl sites for hydroxylation is 1. The van der Waals surface area contributed by atoms with Crippen LogP contribution in [0, 0.1) is 5.82 Å². The van der Waals surface area contributed by atoms with Gasteiger partial charge in [-0.2, -0.15) is 5.10 Å². The van der Waals surface area contributed by atoms with E-state index in [0.717, 1.165) is 23.9 Å². The smallest absolute Gasteiger partial charge is 0.274 e. The minimum absolute atomic E-state index is 0.223. The van der Waals surface area contributed by atoms with Gasteiger partial charge in [-0.05, 0) is 43.5 Å². The minimum atomic E-state index is -0.335. The van der Waals surface area contributed by atoms with Crippen molar-refractivity contribution in [1.82, 2.24) is 24.6 Å². The van der Waals surface area contributed by atoms with Gasteiger partial charge in [0.05, 0.1) is 17.1 Å². The van der Waals surface area contributed by atoms with Gasteiger partial charge in [0, 0.05) is 19.7 Å². The zero-order chi connectivity index (χ0) is 18.3. The zero-order valence-corrected chi connectivity index (χ0v) is 14.3. The number of hydrogen-bond donors (Lipinski definition) is 1. The average Bonchev–Trinajstić information content (AvgIpc) is 3.06. The van der Waals surface area contributed by atoms with Gasteiger partial charge in [0.25, 0.3) is 11.5 Å². The van der Waals surface area contributed by atoms with Crippen LogP contribution in [-0.2, 0) is 7.05 Å². The van der Waals surface area contributed by atoms with Crippen molar-refractivity contribution in [3.05, 3.63) is 58.0 Å². The molecule has 4 rings (SSSR count). The number of hydrogen-bond acceptors (Lipinski definition) is 4. The van der Waals surface area contributed by atoms with Crippen molar-refractivity contribution in [2.24, 2.45) is 7.05 Å². The molecule has 2 aromatic heterocycles. The van der Waals surface area contributed by atoms with Gasteiger partial charge in [0.15, 0.2) is 0 Å². The third-order valence-electron chi connectivity index (χ3n) is 4.72. The maximum atomic E-state index is 13.4. The highest BCUT2D eigenvalue weighted by molar-refractivity contribution is 5.92. The number of aromatic nitrogens is 4. The number of likely N-dealkylation sites (tertiary alicyclic amines) is 1. The molecule has 0 radical (unpaired) electrons. The molecule has 1 aliphatic rings. The molecule has 1 fully saturated rings. The molecule has 0 saturated carbocycles. The molecule has 8 heteroatoms. The summed E-state index contributed by atoms with van der Waals surface area (Å²) in [5.74, 6) is 0.0686. The SMILES string of the molecule is Cn1nc(C(=O)N2CCCCC2c2nc3ccc(F)cc3[nH]2)ccc1=O. The zero-order valence-electron chi connectivity index (χ0n) is 14.3. The van der Waals surface area contributed by atoms with E-state index < -0.39 is 0 Å². The lowest BCUT2D eigenvalue weighted by Gasteiger charge is -2.34.